The summed E-state index contributed by atoms with van der Waals surface area (Å²) in [6.07, 6.45) is 18.3. The number of allylic oxidation sites excluding steroid dienone is 3. The first kappa shape index (κ1) is 18.5. The maximum Gasteiger partial charge on any atom is 0.328 e. The second-order valence-corrected chi connectivity index (χ2v) is 4.89. The highest BCUT2D eigenvalue weighted by Crippen LogP contribution is 2.05. The first-order valence-electron chi connectivity index (χ1n) is 7.79. The zero-order valence-corrected chi connectivity index (χ0v) is 12.7. The van der Waals surface area contributed by atoms with E-state index < -0.39 is 5.97 Å². The van der Waals surface area contributed by atoms with Crippen molar-refractivity contribution >= 4 is 5.97 Å². The van der Waals surface area contributed by atoms with Crippen molar-refractivity contribution < 1.29 is 9.90 Å². The van der Waals surface area contributed by atoms with Crippen molar-refractivity contribution in [2.24, 2.45) is 0 Å². The fourth-order valence-corrected chi connectivity index (χ4v) is 1.78. The van der Waals surface area contributed by atoms with Gasteiger partial charge in [0.15, 0.2) is 0 Å². The first-order valence-corrected chi connectivity index (χ1v) is 7.79. The van der Waals surface area contributed by atoms with Crippen molar-refractivity contribution in [1.82, 2.24) is 0 Å². The van der Waals surface area contributed by atoms with Crippen LogP contribution in [0.3, 0.4) is 0 Å². The van der Waals surface area contributed by atoms with Gasteiger partial charge in [0.05, 0.1) is 0 Å². The summed E-state index contributed by atoms with van der Waals surface area (Å²) in [5.41, 5.74) is 0. The molecule has 0 amide bonds. The zero-order chi connectivity index (χ0) is 14.9. The fourth-order valence-electron chi connectivity index (χ4n) is 1.78. The number of carboxylic acid groups (broad SMARTS) is 1. The first-order chi connectivity index (χ1) is 9.77. The molecule has 0 aliphatic carbocycles. The standard InChI is InChI=1S/C18H28O2/c1-2-3-4-5-6-7-8-9-10-11-12-13-14-15-16-17-18(19)20/h14-17H,2-5,8-13H2,1H3,(H,19,20). The molecule has 2 heteroatoms. The Bertz CT molecular complexity index is 342. The number of aliphatic carboxylic acids is 1. The molecule has 2 nitrogen and oxygen atoms in total. The SMILES string of the molecule is CCCCCC#CCCCCCCC=CC=CC(=O)O. The average Bonchev–Trinajstić information content (AvgIpc) is 2.43. The van der Waals surface area contributed by atoms with Crippen LogP contribution in [0, 0.1) is 11.8 Å². The highest BCUT2D eigenvalue weighted by molar-refractivity contribution is 5.80. The minimum atomic E-state index is -0.898. The van der Waals surface area contributed by atoms with Crippen LogP contribution in [0.25, 0.3) is 0 Å². The maximum atomic E-state index is 10.2. The summed E-state index contributed by atoms with van der Waals surface area (Å²) in [4.78, 5) is 10.2. The number of carbonyl (C=O) groups is 1. The lowest BCUT2D eigenvalue weighted by Gasteiger charge is -1.95. The molecule has 20 heavy (non-hydrogen) atoms. The van der Waals surface area contributed by atoms with Crippen molar-refractivity contribution in [3.8, 4) is 11.8 Å². The molecule has 0 radical (unpaired) electrons. The predicted molar refractivity (Wildman–Crippen MR) is 85.5 cm³/mol. The molecule has 0 atom stereocenters. The molecule has 0 aromatic rings. The van der Waals surface area contributed by atoms with E-state index in [9.17, 15) is 4.79 Å². The van der Waals surface area contributed by atoms with Crippen molar-refractivity contribution in [3.05, 3.63) is 24.3 Å². The van der Waals surface area contributed by atoms with E-state index >= 15 is 0 Å². The number of rotatable bonds is 11. The summed E-state index contributed by atoms with van der Waals surface area (Å²) in [6, 6.07) is 0. The van der Waals surface area contributed by atoms with Gasteiger partial charge in [-0.25, -0.2) is 4.79 Å². The van der Waals surface area contributed by atoms with E-state index in [-0.39, 0.29) is 0 Å². The van der Waals surface area contributed by atoms with Gasteiger partial charge in [-0.3, -0.25) is 0 Å². The molecule has 1 N–H and O–H groups in total. The Balaban J connectivity index is 3.26. The Hall–Kier alpha value is -1.49. The molecular weight excluding hydrogens is 248 g/mol. The molecule has 0 aliphatic rings. The molecule has 0 aromatic heterocycles. The summed E-state index contributed by atoms with van der Waals surface area (Å²) < 4.78 is 0. The monoisotopic (exact) mass is 276 g/mol. The molecule has 0 heterocycles. The van der Waals surface area contributed by atoms with E-state index in [1.807, 2.05) is 6.08 Å². The molecule has 112 valence electrons. The van der Waals surface area contributed by atoms with Crippen LogP contribution in [0.5, 0.6) is 0 Å². The van der Waals surface area contributed by atoms with Crippen LogP contribution in [-0.2, 0) is 4.79 Å². The molecule has 0 fully saturated rings. The van der Waals surface area contributed by atoms with Crippen LogP contribution >= 0.6 is 0 Å². The van der Waals surface area contributed by atoms with Crippen molar-refractivity contribution in [2.75, 3.05) is 0 Å². The van der Waals surface area contributed by atoms with Gasteiger partial charge in [-0.15, -0.1) is 11.8 Å². The number of unbranched alkanes of at least 4 members (excludes halogenated alkanes) is 8. The smallest absolute Gasteiger partial charge is 0.328 e. The van der Waals surface area contributed by atoms with Gasteiger partial charge in [0.25, 0.3) is 0 Å². The molecule has 0 saturated carbocycles. The highest BCUT2D eigenvalue weighted by atomic mass is 16.4. The van der Waals surface area contributed by atoms with E-state index in [1.165, 1.54) is 44.9 Å². The third-order valence-corrected chi connectivity index (χ3v) is 2.94. The van der Waals surface area contributed by atoms with Gasteiger partial charge >= 0.3 is 5.97 Å². The fraction of sp³-hybridized carbons (Fsp3) is 0.611. The number of hydrogen-bond acceptors (Lipinski definition) is 1. The molecule has 0 spiro atoms. The van der Waals surface area contributed by atoms with E-state index in [0.717, 1.165) is 25.3 Å². The summed E-state index contributed by atoms with van der Waals surface area (Å²) >= 11 is 0. The van der Waals surface area contributed by atoms with E-state index in [2.05, 4.69) is 18.8 Å². The Labute approximate surface area is 124 Å². The van der Waals surface area contributed by atoms with Crippen LogP contribution < -0.4 is 0 Å². The van der Waals surface area contributed by atoms with Gasteiger partial charge in [0.1, 0.15) is 0 Å². The van der Waals surface area contributed by atoms with Crippen LogP contribution in [0.1, 0.15) is 71.1 Å². The Morgan fingerprint density at radius 1 is 0.950 bits per heavy atom. The maximum absolute atomic E-state index is 10.2. The minimum Gasteiger partial charge on any atom is -0.478 e. The zero-order valence-electron chi connectivity index (χ0n) is 12.7. The lowest BCUT2D eigenvalue weighted by molar-refractivity contribution is -0.131. The van der Waals surface area contributed by atoms with E-state index in [4.69, 9.17) is 5.11 Å². The van der Waals surface area contributed by atoms with Crippen LogP contribution in [0.15, 0.2) is 24.3 Å². The van der Waals surface area contributed by atoms with E-state index in [0.29, 0.717) is 0 Å². The Kier molecular flexibility index (Phi) is 14.4. The third kappa shape index (κ3) is 16.5. The second-order valence-electron chi connectivity index (χ2n) is 4.89. The number of carboxylic acids is 1. The number of hydrogen-bond donors (Lipinski definition) is 1. The van der Waals surface area contributed by atoms with Gasteiger partial charge < -0.3 is 5.11 Å². The molecule has 0 rings (SSSR count). The summed E-state index contributed by atoms with van der Waals surface area (Å²) in [5.74, 6) is 5.59. The van der Waals surface area contributed by atoms with Crippen LogP contribution in [0.4, 0.5) is 0 Å². The molecule has 0 aromatic carbocycles. The largest absolute Gasteiger partial charge is 0.478 e. The summed E-state index contributed by atoms with van der Waals surface area (Å²) in [7, 11) is 0. The topological polar surface area (TPSA) is 37.3 Å². The normalized spacial score (nSPS) is 10.8. The van der Waals surface area contributed by atoms with Gasteiger partial charge in [-0.1, -0.05) is 50.8 Å². The van der Waals surface area contributed by atoms with Crippen LogP contribution in [0.2, 0.25) is 0 Å². The van der Waals surface area contributed by atoms with Gasteiger partial charge in [-0.05, 0) is 25.7 Å². The molecular formula is C18H28O2. The lowest BCUT2D eigenvalue weighted by Crippen LogP contribution is -1.84. The molecule has 0 aliphatic heterocycles. The second kappa shape index (κ2) is 15.6. The van der Waals surface area contributed by atoms with Crippen LogP contribution in [-0.4, -0.2) is 11.1 Å². The Morgan fingerprint density at radius 2 is 1.60 bits per heavy atom. The van der Waals surface area contributed by atoms with Gasteiger partial charge in [-0.2, -0.15) is 0 Å². The predicted octanol–water partition coefficient (Wildman–Crippen LogP) is 5.11. The quantitative estimate of drug-likeness (QED) is 0.246. The molecule has 0 saturated heterocycles. The molecule has 0 unspecified atom stereocenters. The van der Waals surface area contributed by atoms with Crippen molar-refractivity contribution in [3.63, 3.8) is 0 Å². The Morgan fingerprint density at radius 3 is 2.25 bits per heavy atom. The highest BCUT2D eigenvalue weighted by Gasteiger charge is 1.87. The van der Waals surface area contributed by atoms with Crippen molar-refractivity contribution in [1.29, 1.82) is 0 Å². The third-order valence-electron chi connectivity index (χ3n) is 2.94. The molecule has 0 bridgehead atoms. The van der Waals surface area contributed by atoms with E-state index in [1.54, 1.807) is 12.2 Å². The average molecular weight is 276 g/mol. The van der Waals surface area contributed by atoms with Gasteiger partial charge in [0, 0.05) is 18.9 Å². The summed E-state index contributed by atoms with van der Waals surface area (Å²) in [5, 5.41) is 8.39. The van der Waals surface area contributed by atoms with Gasteiger partial charge in [0.2, 0.25) is 0 Å². The van der Waals surface area contributed by atoms with Crippen molar-refractivity contribution in [2.45, 2.75) is 71.1 Å². The summed E-state index contributed by atoms with van der Waals surface area (Å²) in [6.45, 7) is 2.21. The minimum absolute atomic E-state index is 0.898. The lowest BCUT2D eigenvalue weighted by atomic mass is 10.1.